The van der Waals surface area contributed by atoms with Crippen molar-refractivity contribution in [2.24, 2.45) is 4.99 Å². The van der Waals surface area contributed by atoms with Gasteiger partial charge in [-0.05, 0) is 37.1 Å². The number of rotatable bonds is 5. The van der Waals surface area contributed by atoms with Crippen molar-refractivity contribution < 1.29 is 13.2 Å². The number of nitrogens with zero attached hydrogens (tertiary/aromatic N) is 1. The van der Waals surface area contributed by atoms with E-state index in [1.807, 2.05) is 30.5 Å². The van der Waals surface area contributed by atoms with E-state index in [0.29, 0.717) is 18.5 Å². The second-order valence-electron chi connectivity index (χ2n) is 6.66. The Bertz CT molecular complexity index is 1180. The van der Waals surface area contributed by atoms with Gasteiger partial charge in [0.2, 0.25) is 5.91 Å². The van der Waals surface area contributed by atoms with Gasteiger partial charge in [0.25, 0.3) is 10.0 Å². The molecule has 8 heteroatoms. The molecule has 0 spiro atoms. The number of hydrogen-bond acceptors (Lipinski definition) is 4. The third kappa shape index (κ3) is 3.38. The lowest BCUT2D eigenvalue weighted by molar-refractivity contribution is -0.121. The number of nitrogens with one attached hydrogen (secondary N) is 3. The molecule has 2 aromatic carbocycles. The highest BCUT2D eigenvalue weighted by Gasteiger charge is 2.31. The molecule has 28 heavy (non-hydrogen) atoms. The Kier molecular flexibility index (Phi) is 4.64. The largest absolute Gasteiger partial charge is 0.361 e. The molecule has 2 heterocycles. The fraction of sp³-hybridized carbons (Fsp3) is 0.200. The van der Waals surface area contributed by atoms with Gasteiger partial charge in [-0.25, -0.2) is 8.42 Å². The van der Waals surface area contributed by atoms with Crippen LogP contribution in [0.4, 0.5) is 0 Å². The summed E-state index contributed by atoms with van der Waals surface area (Å²) >= 11 is 0. The quantitative estimate of drug-likeness (QED) is 0.614. The maximum Gasteiger partial charge on any atom is 0.263 e. The van der Waals surface area contributed by atoms with Crippen molar-refractivity contribution >= 4 is 32.7 Å². The smallest absolute Gasteiger partial charge is 0.263 e. The van der Waals surface area contributed by atoms with Crippen molar-refractivity contribution in [1.29, 1.82) is 0 Å². The Labute approximate surface area is 162 Å². The predicted octanol–water partition coefficient (Wildman–Crippen LogP) is 1.95. The molecule has 7 nitrogen and oxygen atoms in total. The Balaban J connectivity index is 1.41. The summed E-state index contributed by atoms with van der Waals surface area (Å²) in [5.74, 6) is -0.0502. The van der Waals surface area contributed by atoms with Gasteiger partial charge in [-0.15, -0.1) is 0 Å². The number of benzene rings is 2. The molecule has 0 aliphatic carbocycles. The van der Waals surface area contributed by atoms with Crippen LogP contribution in [0.25, 0.3) is 10.9 Å². The number of aromatic nitrogens is 1. The van der Waals surface area contributed by atoms with Gasteiger partial charge in [0.05, 0.1) is 4.90 Å². The van der Waals surface area contributed by atoms with E-state index >= 15 is 0 Å². The third-order valence-electron chi connectivity index (χ3n) is 4.73. The Morgan fingerprint density at radius 1 is 1.14 bits per heavy atom. The molecule has 1 atom stereocenters. The first-order valence-corrected chi connectivity index (χ1v) is 10.5. The van der Waals surface area contributed by atoms with Crippen LogP contribution in [-0.4, -0.2) is 37.7 Å². The topological polar surface area (TPSA) is 103 Å². The molecule has 0 saturated heterocycles. The Morgan fingerprint density at radius 3 is 2.75 bits per heavy atom. The molecule has 1 aliphatic rings. The molecule has 0 bridgehead atoms. The average Bonchev–Trinajstić information content (AvgIpc) is 3.21. The van der Waals surface area contributed by atoms with E-state index in [-0.39, 0.29) is 16.6 Å². The van der Waals surface area contributed by atoms with Crippen molar-refractivity contribution in [3.8, 4) is 0 Å². The van der Waals surface area contributed by atoms with E-state index in [2.05, 4.69) is 20.0 Å². The first kappa shape index (κ1) is 18.2. The number of hydrogen-bond donors (Lipinski definition) is 3. The Hall–Kier alpha value is -3.13. The normalized spacial score (nSPS) is 17.2. The summed E-state index contributed by atoms with van der Waals surface area (Å²) in [4.78, 5) is 20.1. The number of carbonyl (C=O) groups is 1. The van der Waals surface area contributed by atoms with Crippen molar-refractivity contribution in [3.05, 3.63) is 65.9 Å². The number of amides is 1. The van der Waals surface area contributed by atoms with E-state index in [1.54, 1.807) is 25.1 Å². The van der Waals surface area contributed by atoms with E-state index in [9.17, 15) is 13.2 Å². The third-order valence-corrected chi connectivity index (χ3v) is 6.13. The van der Waals surface area contributed by atoms with Crippen LogP contribution >= 0.6 is 0 Å². The van der Waals surface area contributed by atoms with Gasteiger partial charge in [0, 0.05) is 29.2 Å². The van der Waals surface area contributed by atoms with E-state index < -0.39 is 16.1 Å². The van der Waals surface area contributed by atoms with Gasteiger partial charge in [-0.1, -0.05) is 30.3 Å². The fourth-order valence-electron chi connectivity index (χ4n) is 3.29. The van der Waals surface area contributed by atoms with Crippen molar-refractivity contribution in [3.63, 3.8) is 0 Å². The number of amidine groups is 1. The summed E-state index contributed by atoms with van der Waals surface area (Å²) in [7, 11) is -3.61. The maximum atomic E-state index is 12.4. The lowest BCUT2D eigenvalue weighted by Gasteiger charge is -2.09. The summed E-state index contributed by atoms with van der Waals surface area (Å²) in [6.07, 6.45) is 2.64. The average molecular weight is 396 g/mol. The number of aliphatic imine (C=N–C) groups is 1. The molecule has 4 rings (SSSR count). The van der Waals surface area contributed by atoms with Crippen molar-refractivity contribution in [1.82, 2.24) is 15.0 Å². The van der Waals surface area contributed by atoms with Crippen LogP contribution < -0.4 is 10.0 Å². The van der Waals surface area contributed by atoms with Crippen LogP contribution in [0.1, 0.15) is 18.1 Å². The van der Waals surface area contributed by atoms with E-state index in [4.69, 9.17) is 0 Å². The summed E-state index contributed by atoms with van der Waals surface area (Å²) in [5, 5.41) is 4.01. The highest BCUT2D eigenvalue weighted by molar-refractivity contribution is 7.90. The van der Waals surface area contributed by atoms with Crippen LogP contribution in [0.15, 0.2) is 64.6 Å². The summed E-state index contributed by atoms with van der Waals surface area (Å²) in [6.45, 7) is 2.11. The molecular formula is C20H20N4O3S. The molecule has 3 aromatic rings. The van der Waals surface area contributed by atoms with Gasteiger partial charge in [0.15, 0.2) is 0 Å². The number of H-pyrrole nitrogens is 1. The second kappa shape index (κ2) is 7.12. The van der Waals surface area contributed by atoms with Crippen molar-refractivity contribution in [2.75, 3.05) is 6.54 Å². The zero-order valence-corrected chi connectivity index (χ0v) is 16.1. The van der Waals surface area contributed by atoms with Crippen LogP contribution in [-0.2, 0) is 21.2 Å². The van der Waals surface area contributed by atoms with Crippen LogP contribution in [0.2, 0.25) is 0 Å². The predicted molar refractivity (Wildman–Crippen MR) is 108 cm³/mol. The minimum absolute atomic E-state index is 0.181. The number of carbonyl (C=O) groups excluding carboxylic acids is 1. The molecule has 0 fully saturated rings. The minimum Gasteiger partial charge on any atom is -0.361 e. The summed E-state index contributed by atoms with van der Waals surface area (Å²) in [5.41, 5.74) is 2.68. The van der Waals surface area contributed by atoms with Gasteiger partial charge in [-0.2, -0.15) is 0 Å². The molecule has 0 unspecified atom stereocenters. The second-order valence-corrected chi connectivity index (χ2v) is 8.31. The van der Waals surface area contributed by atoms with Crippen LogP contribution in [0.5, 0.6) is 0 Å². The van der Waals surface area contributed by atoms with E-state index in [0.717, 1.165) is 16.5 Å². The molecule has 0 saturated carbocycles. The molecule has 3 N–H and O–H groups in total. The van der Waals surface area contributed by atoms with E-state index in [1.165, 1.54) is 6.07 Å². The zero-order valence-electron chi connectivity index (χ0n) is 15.3. The number of para-hydroxylation sites is 1. The molecule has 0 radical (unpaired) electrons. The van der Waals surface area contributed by atoms with Crippen LogP contribution in [0, 0.1) is 0 Å². The lowest BCUT2D eigenvalue weighted by atomic mass is 10.1. The first-order valence-electron chi connectivity index (χ1n) is 8.98. The van der Waals surface area contributed by atoms with Gasteiger partial charge in [-0.3, -0.25) is 14.5 Å². The number of fused-ring (bicyclic) bond motifs is 2. The Morgan fingerprint density at radius 2 is 1.89 bits per heavy atom. The number of aromatic amines is 1. The molecule has 1 amide bonds. The van der Waals surface area contributed by atoms with Gasteiger partial charge < -0.3 is 10.3 Å². The summed E-state index contributed by atoms with van der Waals surface area (Å²) in [6, 6.07) is 13.9. The molecule has 144 valence electrons. The lowest BCUT2D eigenvalue weighted by Crippen LogP contribution is -2.35. The minimum atomic E-state index is -3.61. The zero-order chi connectivity index (χ0) is 19.7. The van der Waals surface area contributed by atoms with Crippen LogP contribution in [0.3, 0.4) is 0 Å². The van der Waals surface area contributed by atoms with Gasteiger partial charge in [0.1, 0.15) is 11.9 Å². The molecule has 1 aliphatic heterocycles. The number of sulfonamides is 1. The molecular weight excluding hydrogens is 376 g/mol. The van der Waals surface area contributed by atoms with Crippen molar-refractivity contribution in [2.45, 2.75) is 24.3 Å². The standard InChI is InChI=1S/C20H20N4O3S/c1-13(23-19-16-7-3-5-9-18(16)28(26,27)24-19)20(25)21-11-10-14-12-22-17-8-4-2-6-15(14)17/h2-9,12-13,22H,10-11H2,1H3,(H,21,25)(H,23,24)/t13-/m1/s1. The SMILES string of the molecule is C[C@@H](N=C1NS(=O)(=O)c2ccccc21)C(=O)NCCc1c[nH]c2ccccc12. The maximum absolute atomic E-state index is 12.4. The molecule has 1 aromatic heterocycles. The highest BCUT2D eigenvalue weighted by atomic mass is 32.2. The first-order chi connectivity index (χ1) is 13.5. The summed E-state index contributed by atoms with van der Waals surface area (Å²) < 4.78 is 26.7. The van der Waals surface area contributed by atoms with Gasteiger partial charge >= 0.3 is 0 Å². The fourth-order valence-corrected chi connectivity index (χ4v) is 4.53. The monoisotopic (exact) mass is 396 g/mol. The highest BCUT2D eigenvalue weighted by Crippen LogP contribution is 2.22.